The first-order chi connectivity index (χ1) is 14.5. The molecule has 0 unspecified atom stereocenters. The maximum absolute atomic E-state index is 12.2. The van der Waals surface area contributed by atoms with Crippen LogP contribution in [-0.4, -0.2) is 31.7 Å². The van der Waals surface area contributed by atoms with Gasteiger partial charge in [0.05, 0.1) is 31.8 Å². The second kappa shape index (κ2) is 8.27. The Labute approximate surface area is 177 Å². The lowest BCUT2D eigenvalue weighted by Crippen LogP contribution is -2.54. The van der Waals surface area contributed by atoms with Crippen molar-refractivity contribution in [1.29, 1.82) is 5.26 Å². The molecule has 156 valence electrons. The molecule has 30 heavy (non-hydrogen) atoms. The topological polar surface area (TPSA) is 74.6 Å². The number of benzene rings is 2. The number of rotatable bonds is 8. The van der Waals surface area contributed by atoms with Crippen molar-refractivity contribution in [3.8, 4) is 17.6 Å². The molecule has 4 rings (SSSR count). The van der Waals surface area contributed by atoms with Gasteiger partial charge in [-0.15, -0.1) is 0 Å². The summed E-state index contributed by atoms with van der Waals surface area (Å²) in [6, 6.07) is 18.0. The maximum atomic E-state index is 12.2. The van der Waals surface area contributed by atoms with E-state index in [0.29, 0.717) is 19.4 Å². The van der Waals surface area contributed by atoms with Gasteiger partial charge in [-0.25, -0.2) is 0 Å². The fourth-order valence-electron chi connectivity index (χ4n) is 3.60. The number of anilines is 1. The summed E-state index contributed by atoms with van der Waals surface area (Å²) in [6.07, 6.45) is 1.49. The molecule has 2 aromatic rings. The average molecular weight is 405 g/mol. The number of hydrogen-bond donors (Lipinski definition) is 1. The van der Waals surface area contributed by atoms with Crippen molar-refractivity contribution in [2.24, 2.45) is 5.41 Å². The normalized spacial score (nSPS) is 18.0. The van der Waals surface area contributed by atoms with E-state index in [1.807, 2.05) is 50.2 Å². The largest absolute Gasteiger partial charge is 0.494 e. The molecule has 2 fully saturated rings. The van der Waals surface area contributed by atoms with Gasteiger partial charge in [0, 0.05) is 5.69 Å². The van der Waals surface area contributed by atoms with Gasteiger partial charge in [-0.3, -0.25) is 4.79 Å². The van der Waals surface area contributed by atoms with Crippen LogP contribution >= 0.6 is 0 Å². The predicted molar refractivity (Wildman–Crippen MR) is 115 cm³/mol. The summed E-state index contributed by atoms with van der Waals surface area (Å²) in [7, 11) is 0. The molecule has 0 spiro atoms. The van der Waals surface area contributed by atoms with Gasteiger partial charge >= 0.3 is 0 Å². The van der Waals surface area contributed by atoms with E-state index in [2.05, 4.69) is 28.4 Å². The van der Waals surface area contributed by atoms with Crippen LogP contribution in [0.5, 0.6) is 11.5 Å². The molecule has 0 radical (unpaired) electrons. The number of nitriles is 1. The van der Waals surface area contributed by atoms with Crippen LogP contribution in [0.4, 0.5) is 5.69 Å². The Bertz CT molecular complexity index is 924. The van der Waals surface area contributed by atoms with Gasteiger partial charge in [-0.2, -0.15) is 5.26 Å². The van der Waals surface area contributed by atoms with Crippen LogP contribution in [-0.2, 0) is 4.79 Å². The van der Waals surface area contributed by atoms with Crippen LogP contribution in [0.15, 0.2) is 48.5 Å². The van der Waals surface area contributed by atoms with Crippen molar-refractivity contribution in [3.63, 3.8) is 0 Å². The van der Waals surface area contributed by atoms with E-state index in [-0.39, 0.29) is 18.1 Å². The fraction of sp³-hybridized carbons (Fsp3) is 0.417. The van der Waals surface area contributed by atoms with Gasteiger partial charge in [0.15, 0.2) is 0 Å². The number of nitrogens with zero attached hydrogens (tertiary/aromatic N) is 2. The van der Waals surface area contributed by atoms with Gasteiger partial charge in [-0.1, -0.05) is 12.1 Å². The van der Waals surface area contributed by atoms with Crippen molar-refractivity contribution >= 4 is 11.6 Å². The summed E-state index contributed by atoms with van der Waals surface area (Å²) in [6.45, 7) is 6.24. The molecule has 1 aliphatic heterocycles. The Morgan fingerprint density at radius 2 is 1.80 bits per heavy atom. The monoisotopic (exact) mass is 405 g/mol. The first-order valence-corrected chi connectivity index (χ1v) is 10.5. The molecule has 0 aromatic heterocycles. The third-order valence-corrected chi connectivity index (χ3v) is 5.79. The maximum Gasteiger partial charge on any atom is 0.240 e. The number of nitrogens with one attached hydrogen (secondary N) is 1. The first-order valence-electron chi connectivity index (χ1n) is 10.5. The van der Waals surface area contributed by atoms with E-state index in [0.717, 1.165) is 35.8 Å². The summed E-state index contributed by atoms with van der Waals surface area (Å²) in [4.78, 5) is 14.5. The highest BCUT2D eigenvalue weighted by atomic mass is 16.5. The van der Waals surface area contributed by atoms with Crippen LogP contribution in [0, 0.1) is 16.7 Å². The van der Waals surface area contributed by atoms with Crippen molar-refractivity contribution in [1.82, 2.24) is 5.32 Å². The van der Waals surface area contributed by atoms with Crippen LogP contribution in [0.3, 0.4) is 0 Å². The van der Waals surface area contributed by atoms with Gasteiger partial charge in [0.2, 0.25) is 5.91 Å². The van der Waals surface area contributed by atoms with E-state index in [1.54, 1.807) is 0 Å². The highest BCUT2D eigenvalue weighted by Crippen LogP contribution is 2.45. The van der Waals surface area contributed by atoms with Gasteiger partial charge in [-0.05, 0) is 68.7 Å². The number of amides is 1. The Morgan fingerprint density at radius 1 is 1.17 bits per heavy atom. The number of ether oxygens (including phenoxy) is 2. The molecule has 1 heterocycles. The van der Waals surface area contributed by atoms with Crippen LogP contribution in [0.25, 0.3) is 0 Å². The molecule has 1 atom stereocenters. The van der Waals surface area contributed by atoms with Gasteiger partial charge in [0.1, 0.15) is 23.0 Å². The fourth-order valence-corrected chi connectivity index (χ4v) is 3.60. The van der Waals surface area contributed by atoms with E-state index >= 15 is 0 Å². The molecule has 2 aliphatic rings. The van der Waals surface area contributed by atoms with Crippen molar-refractivity contribution in [2.75, 3.05) is 24.6 Å². The van der Waals surface area contributed by atoms with E-state index in [9.17, 15) is 4.79 Å². The Hall–Kier alpha value is -3.20. The SMILES string of the molecule is CCOc1ccc(OC2CN(c3ccc([C@H](C)NC(=O)C4(C#N)CC4)cc3)C2)cc1. The summed E-state index contributed by atoms with van der Waals surface area (Å²) in [5.74, 6) is 1.55. The number of carbonyl (C=O) groups excluding carboxylic acids is 1. The van der Waals surface area contributed by atoms with Gasteiger partial charge in [0.25, 0.3) is 0 Å². The minimum atomic E-state index is -0.788. The zero-order chi connectivity index (χ0) is 21.1. The van der Waals surface area contributed by atoms with Crippen molar-refractivity contribution < 1.29 is 14.3 Å². The molecule has 1 saturated carbocycles. The molecule has 1 saturated heterocycles. The Kier molecular flexibility index (Phi) is 5.54. The Balaban J connectivity index is 1.26. The van der Waals surface area contributed by atoms with Crippen molar-refractivity contribution in [3.05, 3.63) is 54.1 Å². The molecule has 2 aromatic carbocycles. The average Bonchev–Trinajstić information content (AvgIpc) is 3.53. The molecule has 6 heteroatoms. The lowest BCUT2D eigenvalue weighted by molar-refractivity contribution is -0.125. The molecule has 1 amide bonds. The van der Waals surface area contributed by atoms with Crippen molar-refractivity contribution in [2.45, 2.75) is 38.8 Å². The second-order valence-corrected chi connectivity index (χ2v) is 8.03. The highest BCUT2D eigenvalue weighted by Gasteiger charge is 2.50. The summed E-state index contributed by atoms with van der Waals surface area (Å²) in [5, 5.41) is 12.1. The molecule has 6 nitrogen and oxygen atoms in total. The molecular formula is C24H27N3O3. The second-order valence-electron chi connectivity index (χ2n) is 8.03. The lowest BCUT2D eigenvalue weighted by atomic mass is 10.0. The summed E-state index contributed by atoms with van der Waals surface area (Å²) in [5.41, 5.74) is 1.38. The number of hydrogen-bond acceptors (Lipinski definition) is 5. The Morgan fingerprint density at radius 3 is 2.37 bits per heavy atom. The zero-order valence-electron chi connectivity index (χ0n) is 17.4. The predicted octanol–water partition coefficient (Wildman–Crippen LogP) is 3.83. The zero-order valence-corrected chi connectivity index (χ0v) is 17.4. The first kappa shape index (κ1) is 20.1. The molecule has 0 bridgehead atoms. The third kappa shape index (κ3) is 4.20. The molecular weight excluding hydrogens is 378 g/mol. The van der Waals surface area contributed by atoms with Crippen LogP contribution in [0.1, 0.15) is 38.3 Å². The smallest absolute Gasteiger partial charge is 0.240 e. The van der Waals surface area contributed by atoms with Crippen LogP contribution in [0.2, 0.25) is 0 Å². The van der Waals surface area contributed by atoms with Crippen LogP contribution < -0.4 is 19.7 Å². The lowest BCUT2D eigenvalue weighted by Gasteiger charge is -2.40. The number of carbonyl (C=O) groups is 1. The highest BCUT2D eigenvalue weighted by molar-refractivity contribution is 5.88. The summed E-state index contributed by atoms with van der Waals surface area (Å²) < 4.78 is 11.5. The quantitative estimate of drug-likeness (QED) is 0.722. The van der Waals surface area contributed by atoms with E-state index in [4.69, 9.17) is 14.7 Å². The summed E-state index contributed by atoms with van der Waals surface area (Å²) >= 11 is 0. The van der Waals surface area contributed by atoms with E-state index < -0.39 is 5.41 Å². The standard InChI is InChI=1S/C24H27N3O3/c1-3-29-20-8-10-21(11-9-20)30-22-14-27(15-22)19-6-4-18(5-7-19)17(2)26-23(28)24(16-25)12-13-24/h4-11,17,22H,3,12-15H2,1-2H3,(H,26,28)/t17-/m0/s1. The minimum Gasteiger partial charge on any atom is -0.494 e. The molecule has 1 aliphatic carbocycles. The van der Waals surface area contributed by atoms with E-state index in [1.165, 1.54) is 0 Å². The minimum absolute atomic E-state index is 0.121. The third-order valence-electron chi connectivity index (χ3n) is 5.79. The van der Waals surface area contributed by atoms with Gasteiger partial charge < -0.3 is 19.7 Å². The molecule has 1 N–H and O–H groups in total.